The molecule has 1 saturated heterocycles. The van der Waals surface area contributed by atoms with E-state index in [2.05, 4.69) is 5.32 Å². The molecule has 2 nitrogen and oxygen atoms in total. The Kier molecular flexibility index (Phi) is 0.866. The van der Waals surface area contributed by atoms with Crippen LogP contribution < -0.4 is 11.1 Å². The van der Waals surface area contributed by atoms with Crippen LogP contribution in [0, 0.1) is 11.8 Å². The summed E-state index contributed by atoms with van der Waals surface area (Å²) in [5.74, 6) is 1.72. The van der Waals surface area contributed by atoms with Crippen molar-refractivity contribution in [1.29, 1.82) is 0 Å². The maximum absolute atomic E-state index is 5.73. The first-order valence-corrected chi connectivity index (χ1v) is 3.36. The summed E-state index contributed by atoms with van der Waals surface area (Å²) in [6, 6.07) is 0.546. The molecule has 0 radical (unpaired) electrons. The van der Waals surface area contributed by atoms with Crippen LogP contribution in [0.2, 0.25) is 0 Å². The Balaban J connectivity index is 1.97. The first kappa shape index (κ1) is 4.77. The number of hydrogen-bond acceptors (Lipinski definition) is 2. The highest BCUT2D eigenvalue weighted by Gasteiger charge is 2.47. The van der Waals surface area contributed by atoms with Crippen molar-refractivity contribution in [2.45, 2.75) is 12.5 Å². The quantitative estimate of drug-likeness (QED) is 0.445. The first-order valence-electron chi connectivity index (χ1n) is 3.36. The van der Waals surface area contributed by atoms with Gasteiger partial charge in [0.2, 0.25) is 0 Å². The normalized spacial score (nSPS) is 52.9. The fourth-order valence-corrected chi connectivity index (χ4v) is 1.71. The zero-order chi connectivity index (χ0) is 5.56. The third-order valence-corrected chi connectivity index (χ3v) is 2.43. The van der Waals surface area contributed by atoms with Crippen LogP contribution in [0.1, 0.15) is 6.42 Å². The Morgan fingerprint density at radius 2 is 2.25 bits per heavy atom. The standard InChI is InChI=1S/C6H12N2/c7-6-4-1-2-8-3-5(4)6/h4-6,8H,1-3,7H2. The Bertz CT molecular complexity index is 90.7. The molecule has 1 heterocycles. The molecule has 3 atom stereocenters. The predicted octanol–water partition coefficient (Wildman–Crippen LogP) is -0.447. The van der Waals surface area contributed by atoms with Gasteiger partial charge in [-0.25, -0.2) is 0 Å². The summed E-state index contributed by atoms with van der Waals surface area (Å²) < 4.78 is 0. The van der Waals surface area contributed by atoms with Gasteiger partial charge in [0.05, 0.1) is 0 Å². The van der Waals surface area contributed by atoms with E-state index in [4.69, 9.17) is 5.73 Å². The predicted molar refractivity (Wildman–Crippen MR) is 32.4 cm³/mol. The molecule has 0 amide bonds. The molecule has 8 heavy (non-hydrogen) atoms. The van der Waals surface area contributed by atoms with Crippen molar-refractivity contribution in [1.82, 2.24) is 5.32 Å². The molecular weight excluding hydrogens is 100 g/mol. The molecule has 1 aliphatic carbocycles. The molecule has 2 fully saturated rings. The molecular formula is C6H12N2. The summed E-state index contributed by atoms with van der Waals surface area (Å²) in [6.07, 6.45) is 1.31. The van der Waals surface area contributed by atoms with Gasteiger partial charge in [-0.2, -0.15) is 0 Å². The van der Waals surface area contributed by atoms with E-state index in [9.17, 15) is 0 Å². The van der Waals surface area contributed by atoms with Gasteiger partial charge in [-0.3, -0.25) is 0 Å². The average molecular weight is 112 g/mol. The number of nitrogens with two attached hydrogens (primary N) is 1. The van der Waals surface area contributed by atoms with Crippen LogP contribution in [-0.2, 0) is 0 Å². The lowest BCUT2D eigenvalue weighted by Crippen LogP contribution is -2.23. The molecule has 0 aromatic carbocycles. The number of piperidine rings is 1. The van der Waals surface area contributed by atoms with Gasteiger partial charge in [-0.1, -0.05) is 0 Å². The summed E-state index contributed by atoms with van der Waals surface area (Å²) in [4.78, 5) is 0. The molecule has 0 spiro atoms. The van der Waals surface area contributed by atoms with Crippen molar-refractivity contribution in [2.24, 2.45) is 17.6 Å². The van der Waals surface area contributed by atoms with Crippen LogP contribution in [0.3, 0.4) is 0 Å². The van der Waals surface area contributed by atoms with Gasteiger partial charge < -0.3 is 11.1 Å². The van der Waals surface area contributed by atoms with Crippen molar-refractivity contribution in [2.75, 3.05) is 13.1 Å². The maximum Gasteiger partial charge on any atom is 0.0115 e. The van der Waals surface area contributed by atoms with Crippen molar-refractivity contribution in [3.05, 3.63) is 0 Å². The second kappa shape index (κ2) is 1.45. The lowest BCUT2D eigenvalue weighted by atomic mass is 10.2. The van der Waals surface area contributed by atoms with Crippen molar-refractivity contribution in [3.8, 4) is 0 Å². The number of nitrogens with one attached hydrogen (secondary N) is 1. The molecule has 1 aliphatic heterocycles. The second-order valence-corrected chi connectivity index (χ2v) is 2.90. The lowest BCUT2D eigenvalue weighted by Gasteiger charge is -2.07. The van der Waals surface area contributed by atoms with E-state index < -0.39 is 0 Å². The van der Waals surface area contributed by atoms with Gasteiger partial charge in [0, 0.05) is 6.04 Å². The summed E-state index contributed by atoms with van der Waals surface area (Å²) in [5, 5.41) is 3.33. The van der Waals surface area contributed by atoms with Gasteiger partial charge in [0.1, 0.15) is 0 Å². The number of rotatable bonds is 0. The molecule has 0 aromatic heterocycles. The molecule has 46 valence electrons. The highest BCUT2D eigenvalue weighted by atomic mass is 15.0. The monoisotopic (exact) mass is 112 g/mol. The van der Waals surface area contributed by atoms with Gasteiger partial charge in [-0.05, 0) is 31.3 Å². The van der Waals surface area contributed by atoms with Crippen molar-refractivity contribution < 1.29 is 0 Å². The van der Waals surface area contributed by atoms with Gasteiger partial charge >= 0.3 is 0 Å². The minimum atomic E-state index is 0.546. The Labute approximate surface area is 49.4 Å². The summed E-state index contributed by atoms with van der Waals surface area (Å²) in [7, 11) is 0. The van der Waals surface area contributed by atoms with E-state index in [0.29, 0.717) is 6.04 Å². The molecule has 2 rings (SSSR count). The molecule has 0 aromatic rings. The number of hydrogen-bond donors (Lipinski definition) is 2. The van der Waals surface area contributed by atoms with E-state index in [1.807, 2.05) is 0 Å². The molecule has 3 unspecified atom stereocenters. The molecule has 1 saturated carbocycles. The summed E-state index contributed by atoms with van der Waals surface area (Å²) in [5.41, 5.74) is 5.73. The lowest BCUT2D eigenvalue weighted by molar-refractivity contribution is 0.497. The summed E-state index contributed by atoms with van der Waals surface area (Å²) >= 11 is 0. The largest absolute Gasteiger partial charge is 0.327 e. The molecule has 2 heteroatoms. The zero-order valence-corrected chi connectivity index (χ0v) is 4.93. The Morgan fingerprint density at radius 3 is 2.75 bits per heavy atom. The van der Waals surface area contributed by atoms with E-state index in [1.54, 1.807) is 0 Å². The third-order valence-electron chi connectivity index (χ3n) is 2.43. The third kappa shape index (κ3) is 0.501. The minimum absolute atomic E-state index is 0.546. The van der Waals surface area contributed by atoms with Crippen LogP contribution in [0.25, 0.3) is 0 Å². The minimum Gasteiger partial charge on any atom is -0.327 e. The van der Waals surface area contributed by atoms with E-state index in [0.717, 1.165) is 11.8 Å². The van der Waals surface area contributed by atoms with Crippen LogP contribution in [-0.4, -0.2) is 19.1 Å². The average Bonchev–Trinajstić information content (AvgIpc) is 2.46. The van der Waals surface area contributed by atoms with E-state index in [-0.39, 0.29) is 0 Å². The molecule has 3 N–H and O–H groups in total. The van der Waals surface area contributed by atoms with Crippen LogP contribution in [0.5, 0.6) is 0 Å². The first-order chi connectivity index (χ1) is 3.89. The van der Waals surface area contributed by atoms with Crippen LogP contribution in [0.4, 0.5) is 0 Å². The van der Waals surface area contributed by atoms with Crippen LogP contribution in [0.15, 0.2) is 0 Å². The maximum atomic E-state index is 5.73. The fraction of sp³-hybridized carbons (Fsp3) is 1.00. The van der Waals surface area contributed by atoms with Crippen molar-refractivity contribution >= 4 is 0 Å². The smallest absolute Gasteiger partial charge is 0.0115 e. The van der Waals surface area contributed by atoms with Gasteiger partial charge in [0.25, 0.3) is 0 Å². The SMILES string of the molecule is NC1C2CCNCC12. The van der Waals surface area contributed by atoms with Gasteiger partial charge in [-0.15, -0.1) is 0 Å². The highest BCUT2D eigenvalue weighted by molar-refractivity contribution is 5.04. The fourth-order valence-electron chi connectivity index (χ4n) is 1.71. The molecule has 0 bridgehead atoms. The molecule has 2 aliphatic rings. The van der Waals surface area contributed by atoms with Gasteiger partial charge in [0.15, 0.2) is 0 Å². The zero-order valence-electron chi connectivity index (χ0n) is 4.93. The van der Waals surface area contributed by atoms with Crippen molar-refractivity contribution in [3.63, 3.8) is 0 Å². The Hall–Kier alpha value is -0.0800. The number of fused-ring (bicyclic) bond motifs is 1. The van der Waals surface area contributed by atoms with E-state index >= 15 is 0 Å². The topological polar surface area (TPSA) is 38.0 Å². The Morgan fingerprint density at radius 1 is 1.38 bits per heavy atom. The van der Waals surface area contributed by atoms with E-state index in [1.165, 1.54) is 19.5 Å². The summed E-state index contributed by atoms with van der Waals surface area (Å²) in [6.45, 7) is 2.36. The highest BCUT2D eigenvalue weighted by Crippen LogP contribution is 2.40. The second-order valence-electron chi connectivity index (χ2n) is 2.90. The van der Waals surface area contributed by atoms with Crippen LogP contribution >= 0.6 is 0 Å².